The summed E-state index contributed by atoms with van der Waals surface area (Å²) in [5.74, 6) is -0.227. The van der Waals surface area contributed by atoms with E-state index in [9.17, 15) is 14.3 Å². The maximum Gasteiger partial charge on any atom is 0.472 e. The SMILES string of the molecule is CCCCCCCCCCCCCCCCOCC(CNC(C)=O)OP(=O)(O)OCCCC[N+](C)(C)C. The second-order valence-corrected chi connectivity index (χ2v) is 12.8. The third-order valence-corrected chi connectivity index (χ3v) is 7.36. The first-order valence-corrected chi connectivity index (χ1v) is 16.3. The van der Waals surface area contributed by atoms with Gasteiger partial charge in [0, 0.05) is 20.1 Å². The molecule has 8 nitrogen and oxygen atoms in total. The van der Waals surface area contributed by atoms with E-state index in [0.29, 0.717) is 13.0 Å². The van der Waals surface area contributed by atoms with E-state index in [4.69, 9.17) is 13.8 Å². The van der Waals surface area contributed by atoms with Crippen LogP contribution in [0.4, 0.5) is 0 Å². The molecule has 0 rings (SSSR count). The maximum absolute atomic E-state index is 12.3. The lowest BCUT2D eigenvalue weighted by Crippen LogP contribution is -2.35. The average molecular weight is 552 g/mol. The molecule has 9 heteroatoms. The third kappa shape index (κ3) is 28.3. The van der Waals surface area contributed by atoms with E-state index in [1.165, 1.54) is 84.0 Å². The van der Waals surface area contributed by atoms with Crippen LogP contribution in [-0.4, -0.2) is 75.4 Å². The molecule has 0 aliphatic heterocycles. The molecule has 1 amide bonds. The predicted molar refractivity (Wildman–Crippen MR) is 153 cm³/mol. The molecule has 0 saturated heterocycles. The van der Waals surface area contributed by atoms with Crippen LogP contribution in [0.15, 0.2) is 0 Å². The minimum Gasteiger partial charge on any atom is -0.379 e. The topological polar surface area (TPSA) is 94.1 Å². The minimum absolute atomic E-state index is 0.101. The molecular weight excluding hydrogens is 491 g/mol. The summed E-state index contributed by atoms with van der Waals surface area (Å²) in [4.78, 5) is 21.4. The van der Waals surface area contributed by atoms with Gasteiger partial charge in [-0.05, 0) is 19.3 Å². The van der Waals surface area contributed by atoms with E-state index < -0.39 is 13.9 Å². The molecule has 0 aromatic heterocycles. The van der Waals surface area contributed by atoms with Gasteiger partial charge in [-0.15, -0.1) is 0 Å². The molecule has 0 bridgehead atoms. The second kappa shape index (κ2) is 23.4. The first-order chi connectivity index (χ1) is 17.6. The van der Waals surface area contributed by atoms with Crippen molar-refractivity contribution in [2.45, 2.75) is 123 Å². The molecule has 37 heavy (non-hydrogen) atoms. The van der Waals surface area contributed by atoms with Crippen LogP contribution in [0.25, 0.3) is 0 Å². The first kappa shape index (κ1) is 36.5. The number of nitrogens with zero attached hydrogens (tertiary/aromatic N) is 1. The Morgan fingerprint density at radius 2 is 1.30 bits per heavy atom. The summed E-state index contributed by atoms with van der Waals surface area (Å²) in [6.07, 6.45) is 19.1. The Kier molecular flexibility index (Phi) is 23.1. The Bertz CT molecular complexity index is 586. The molecular formula is C28H60N2O6P+. The van der Waals surface area contributed by atoms with Crippen LogP contribution in [-0.2, 0) is 23.1 Å². The quantitative estimate of drug-likeness (QED) is 0.0678. The number of unbranched alkanes of at least 4 members (excludes halogenated alkanes) is 14. The van der Waals surface area contributed by atoms with Crippen molar-refractivity contribution in [1.82, 2.24) is 5.32 Å². The van der Waals surface area contributed by atoms with Gasteiger partial charge in [0.25, 0.3) is 0 Å². The van der Waals surface area contributed by atoms with Gasteiger partial charge in [-0.3, -0.25) is 13.8 Å². The number of phosphoric acid groups is 1. The Morgan fingerprint density at radius 1 is 0.811 bits per heavy atom. The molecule has 0 radical (unpaired) electrons. The predicted octanol–water partition coefficient (Wildman–Crippen LogP) is 6.61. The monoisotopic (exact) mass is 551 g/mol. The molecule has 2 N–H and O–H groups in total. The van der Waals surface area contributed by atoms with Crippen LogP contribution >= 0.6 is 7.82 Å². The molecule has 0 aliphatic rings. The molecule has 2 atom stereocenters. The number of rotatable bonds is 27. The summed E-state index contributed by atoms with van der Waals surface area (Å²) in [5.41, 5.74) is 0. The highest BCUT2D eigenvalue weighted by atomic mass is 31.2. The fraction of sp³-hybridized carbons (Fsp3) is 0.964. The van der Waals surface area contributed by atoms with Crippen molar-refractivity contribution in [3.05, 3.63) is 0 Å². The fourth-order valence-corrected chi connectivity index (χ4v) is 5.02. The lowest BCUT2D eigenvalue weighted by atomic mass is 10.0. The number of carbonyl (C=O) groups excluding carboxylic acids is 1. The van der Waals surface area contributed by atoms with Crippen LogP contribution in [0.2, 0.25) is 0 Å². The third-order valence-electron chi connectivity index (χ3n) is 6.28. The summed E-state index contributed by atoms with van der Waals surface area (Å²) >= 11 is 0. The summed E-state index contributed by atoms with van der Waals surface area (Å²) in [6, 6.07) is 0. The Hall–Kier alpha value is -0.500. The van der Waals surface area contributed by atoms with Gasteiger partial charge in [0.05, 0.1) is 40.9 Å². The van der Waals surface area contributed by atoms with Gasteiger partial charge < -0.3 is 19.4 Å². The molecule has 0 aromatic carbocycles. The lowest BCUT2D eigenvalue weighted by molar-refractivity contribution is -0.870. The Labute approximate surface area is 228 Å². The fourth-order valence-electron chi connectivity index (χ4n) is 4.08. The molecule has 2 unspecified atom stereocenters. The van der Waals surface area contributed by atoms with Crippen molar-refractivity contribution in [1.29, 1.82) is 0 Å². The highest BCUT2D eigenvalue weighted by Crippen LogP contribution is 2.44. The summed E-state index contributed by atoms with van der Waals surface area (Å²) < 4.78 is 29.3. The Morgan fingerprint density at radius 3 is 1.78 bits per heavy atom. The Balaban J connectivity index is 3.90. The van der Waals surface area contributed by atoms with Gasteiger partial charge in [-0.2, -0.15) is 0 Å². The van der Waals surface area contributed by atoms with E-state index in [1.54, 1.807) is 0 Å². The zero-order chi connectivity index (χ0) is 27.8. The van der Waals surface area contributed by atoms with Gasteiger partial charge in [0.15, 0.2) is 0 Å². The number of hydrogen-bond donors (Lipinski definition) is 2. The molecule has 0 saturated carbocycles. The van der Waals surface area contributed by atoms with Gasteiger partial charge in [0.2, 0.25) is 5.91 Å². The van der Waals surface area contributed by atoms with Crippen molar-refractivity contribution in [3.8, 4) is 0 Å². The molecule has 0 aliphatic carbocycles. The van der Waals surface area contributed by atoms with Crippen molar-refractivity contribution < 1.29 is 32.5 Å². The van der Waals surface area contributed by atoms with Gasteiger partial charge in [-0.25, -0.2) is 4.57 Å². The molecule has 0 spiro atoms. The smallest absolute Gasteiger partial charge is 0.379 e. The summed E-state index contributed by atoms with van der Waals surface area (Å²) in [5, 5.41) is 2.63. The number of ether oxygens (including phenoxy) is 1. The highest BCUT2D eigenvalue weighted by Gasteiger charge is 2.27. The van der Waals surface area contributed by atoms with Crippen LogP contribution in [0, 0.1) is 0 Å². The van der Waals surface area contributed by atoms with E-state index in [2.05, 4.69) is 33.4 Å². The largest absolute Gasteiger partial charge is 0.472 e. The zero-order valence-corrected chi connectivity index (χ0v) is 25.7. The normalized spacial score (nSPS) is 14.4. The number of amides is 1. The van der Waals surface area contributed by atoms with E-state index in [0.717, 1.165) is 30.3 Å². The number of phosphoric ester groups is 1. The summed E-state index contributed by atoms with van der Waals surface area (Å²) in [7, 11) is 2.09. The molecule has 0 fully saturated rings. The average Bonchev–Trinajstić information content (AvgIpc) is 2.80. The highest BCUT2D eigenvalue weighted by molar-refractivity contribution is 7.47. The van der Waals surface area contributed by atoms with Crippen LogP contribution < -0.4 is 5.32 Å². The zero-order valence-electron chi connectivity index (χ0n) is 24.8. The van der Waals surface area contributed by atoms with Crippen LogP contribution in [0.3, 0.4) is 0 Å². The van der Waals surface area contributed by atoms with Crippen molar-refractivity contribution in [2.24, 2.45) is 0 Å². The van der Waals surface area contributed by atoms with Gasteiger partial charge in [-0.1, -0.05) is 90.4 Å². The van der Waals surface area contributed by atoms with Gasteiger partial charge >= 0.3 is 7.82 Å². The van der Waals surface area contributed by atoms with Crippen LogP contribution in [0.1, 0.15) is 117 Å². The maximum atomic E-state index is 12.3. The van der Waals surface area contributed by atoms with E-state index >= 15 is 0 Å². The number of hydrogen-bond acceptors (Lipinski definition) is 5. The standard InChI is InChI=1S/C28H59N2O6P/c1-6-7-8-9-10-11-12-13-14-15-16-17-18-20-23-34-26-28(25-29-27(2)31)36-37(32,33)35-24-21-19-22-30(3,4)5/h28H,6-26H2,1-5H3,(H-,29,31,32,33)/p+1. The number of quaternary nitrogens is 1. The van der Waals surface area contributed by atoms with E-state index in [1.807, 2.05) is 0 Å². The number of nitrogens with one attached hydrogen (secondary N) is 1. The second-order valence-electron chi connectivity index (χ2n) is 11.4. The molecule has 222 valence electrons. The molecule has 0 heterocycles. The first-order valence-electron chi connectivity index (χ1n) is 14.8. The van der Waals surface area contributed by atoms with E-state index in [-0.39, 0.29) is 25.7 Å². The minimum atomic E-state index is -4.22. The lowest BCUT2D eigenvalue weighted by Gasteiger charge is -2.24. The summed E-state index contributed by atoms with van der Waals surface area (Å²) in [6.45, 7) is 5.57. The van der Waals surface area contributed by atoms with Crippen molar-refractivity contribution >= 4 is 13.7 Å². The van der Waals surface area contributed by atoms with Crippen LogP contribution in [0.5, 0.6) is 0 Å². The van der Waals surface area contributed by atoms with Crippen molar-refractivity contribution in [3.63, 3.8) is 0 Å². The molecule has 0 aromatic rings. The van der Waals surface area contributed by atoms with Crippen molar-refractivity contribution in [2.75, 3.05) is 54.1 Å². The van der Waals surface area contributed by atoms with Gasteiger partial charge in [0.1, 0.15) is 6.10 Å². The number of carbonyl (C=O) groups is 1.